The second-order valence-electron chi connectivity index (χ2n) is 3.66. The Morgan fingerprint density at radius 1 is 0.478 bits per heavy atom. The average Bonchev–Trinajstić information content (AvgIpc) is 2.66. The highest BCUT2D eigenvalue weighted by atomic mass is 14.5. The van der Waals surface area contributed by atoms with Gasteiger partial charge in [0.25, 0.3) is 0 Å². The zero-order valence-electron chi connectivity index (χ0n) is 16.5. The molecule has 0 aliphatic carbocycles. The molecule has 0 aliphatic rings. The van der Waals surface area contributed by atoms with E-state index in [1.165, 1.54) is 11.1 Å². The standard InChI is InChI=1S/C13H14N2.4C2H6/c14-12-5-1-10(2-6-12)9-11-3-7-13(15)8-4-11;4*1-2/h1-8H,9,14-15H2;4*1-2H3. The minimum Gasteiger partial charge on any atom is -0.399 e. The number of anilines is 2. The lowest BCUT2D eigenvalue weighted by atomic mass is 10.0. The van der Waals surface area contributed by atoms with E-state index >= 15 is 0 Å². The van der Waals surface area contributed by atoms with Crippen LogP contribution >= 0.6 is 0 Å². The van der Waals surface area contributed by atoms with Gasteiger partial charge in [-0.3, -0.25) is 0 Å². The number of hydrogen-bond donors (Lipinski definition) is 2. The third-order valence-corrected chi connectivity index (χ3v) is 2.37. The molecule has 0 spiro atoms. The van der Waals surface area contributed by atoms with Crippen molar-refractivity contribution in [1.82, 2.24) is 0 Å². The van der Waals surface area contributed by atoms with E-state index in [-0.39, 0.29) is 0 Å². The Kier molecular flexibility index (Phi) is 22.6. The van der Waals surface area contributed by atoms with Crippen molar-refractivity contribution in [1.29, 1.82) is 0 Å². The van der Waals surface area contributed by atoms with Crippen molar-refractivity contribution in [3.05, 3.63) is 59.7 Å². The van der Waals surface area contributed by atoms with E-state index < -0.39 is 0 Å². The lowest BCUT2D eigenvalue weighted by Crippen LogP contribution is -1.90. The van der Waals surface area contributed by atoms with Gasteiger partial charge in [-0.05, 0) is 41.8 Å². The fraction of sp³-hybridized carbons (Fsp3) is 0.429. The number of nitrogens with two attached hydrogens (primary N) is 2. The molecule has 0 amide bonds. The molecule has 0 saturated heterocycles. The molecule has 2 heteroatoms. The van der Waals surface area contributed by atoms with Gasteiger partial charge in [-0.1, -0.05) is 79.7 Å². The van der Waals surface area contributed by atoms with E-state index in [4.69, 9.17) is 11.5 Å². The summed E-state index contributed by atoms with van der Waals surface area (Å²) in [6.07, 6.45) is 0.917. The van der Waals surface area contributed by atoms with E-state index in [0.29, 0.717) is 0 Å². The first-order chi connectivity index (χ1) is 11.2. The van der Waals surface area contributed by atoms with Crippen molar-refractivity contribution in [2.75, 3.05) is 11.5 Å². The maximum Gasteiger partial charge on any atom is 0.0314 e. The second kappa shape index (κ2) is 20.0. The molecule has 132 valence electrons. The largest absolute Gasteiger partial charge is 0.399 e. The second-order valence-corrected chi connectivity index (χ2v) is 3.66. The minimum atomic E-state index is 0.802. The molecule has 2 aromatic carbocycles. The molecule has 2 nitrogen and oxygen atoms in total. The first-order valence-corrected chi connectivity index (χ1v) is 8.93. The highest BCUT2D eigenvalue weighted by Gasteiger charge is 1.95. The lowest BCUT2D eigenvalue weighted by Gasteiger charge is -2.02. The Labute approximate surface area is 144 Å². The van der Waals surface area contributed by atoms with Crippen LogP contribution in [0.25, 0.3) is 0 Å². The molecule has 0 radical (unpaired) electrons. The number of benzene rings is 2. The summed E-state index contributed by atoms with van der Waals surface area (Å²) in [7, 11) is 0. The quantitative estimate of drug-likeness (QED) is 0.617. The molecule has 0 fully saturated rings. The predicted octanol–water partition coefficient (Wildman–Crippen LogP) is 6.55. The third-order valence-electron chi connectivity index (χ3n) is 2.37. The Balaban J connectivity index is -0.000000438. The summed E-state index contributed by atoms with van der Waals surface area (Å²) in [5, 5.41) is 0. The van der Waals surface area contributed by atoms with Crippen LogP contribution in [0.3, 0.4) is 0 Å². The summed E-state index contributed by atoms with van der Waals surface area (Å²) in [6, 6.07) is 15.9. The highest BCUT2D eigenvalue weighted by Crippen LogP contribution is 2.13. The van der Waals surface area contributed by atoms with Gasteiger partial charge >= 0.3 is 0 Å². The number of hydrogen-bond acceptors (Lipinski definition) is 2. The summed E-state index contributed by atoms with van der Waals surface area (Å²) in [5.41, 5.74) is 15.4. The van der Waals surface area contributed by atoms with Gasteiger partial charge in [-0.15, -0.1) is 0 Å². The molecule has 0 heterocycles. The van der Waals surface area contributed by atoms with Gasteiger partial charge in [-0.2, -0.15) is 0 Å². The molecule has 0 unspecified atom stereocenters. The van der Waals surface area contributed by atoms with Crippen LogP contribution in [0.2, 0.25) is 0 Å². The van der Waals surface area contributed by atoms with Crippen molar-refractivity contribution < 1.29 is 0 Å². The van der Waals surface area contributed by atoms with Crippen LogP contribution in [0.4, 0.5) is 11.4 Å². The van der Waals surface area contributed by atoms with Crippen LogP contribution in [-0.4, -0.2) is 0 Å². The van der Waals surface area contributed by atoms with E-state index in [1.54, 1.807) is 0 Å². The van der Waals surface area contributed by atoms with E-state index in [1.807, 2.05) is 104 Å². The Morgan fingerprint density at radius 3 is 0.913 bits per heavy atom. The van der Waals surface area contributed by atoms with Crippen LogP contribution in [0, 0.1) is 0 Å². The van der Waals surface area contributed by atoms with Gasteiger partial charge in [0.1, 0.15) is 0 Å². The summed E-state index contributed by atoms with van der Waals surface area (Å²) in [6.45, 7) is 16.0. The lowest BCUT2D eigenvalue weighted by molar-refractivity contribution is 1.19. The summed E-state index contributed by atoms with van der Waals surface area (Å²) >= 11 is 0. The molecule has 0 aliphatic heterocycles. The van der Waals surface area contributed by atoms with Crippen LogP contribution in [0.1, 0.15) is 66.5 Å². The van der Waals surface area contributed by atoms with Crippen LogP contribution < -0.4 is 11.5 Å². The smallest absolute Gasteiger partial charge is 0.0314 e. The van der Waals surface area contributed by atoms with Gasteiger partial charge < -0.3 is 11.5 Å². The number of nitrogen functional groups attached to an aromatic ring is 2. The van der Waals surface area contributed by atoms with Crippen LogP contribution in [0.5, 0.6) is 0 Å². The topological polar surface area (TPSA) is 52.0 Å². The molecular weight excluding hydrogens is 280 g/mol. The third kappa shape index (κ3) is 13.4. The molecular formula is C21H38N2. The Hall–Kier alpha value is -1.96. The zero-order chi connectivity index (χ0) is 18.7. The van der Waals surface area contributed by atoms with Gasteiger partial charge in [0.05, 0.1) is 0 Å². The van der Waals surface area contributed by atoms with Gasteiger partial charge in [-0.25, -0.2) is 0 Å². The fourth-order valence-electron chi connectivity index (χ4n) is 1.51. The maximum atomic E-state index is 5.62. The molecule has 0 saturated carbocycles. The SMILES string of the molecule is CC.CC.CC.CC.Nc1ccc(Cc2ccc(N)cc2)cc1. The molecule has 23 heavy (non-hydrogen) atoms. The van der Waals surface area contributed by atoms with Crippen LogP contribution in [-0.2, 0) is 6.42 Å². The van der Waals surface area contributed by atoms with E-state index in [2.05, 4.69) is 0 Å². The normalized spacial score (nSPS) is 7.65. The summed E-state index contributed by atoms with van der Waals surface area (Å²) in [4.78, 5) is 0. The first kappa shape index (κ1) is 26.0. The van der Waals surface area contributed by atoms with Crippen LogP contribution in [0.15, 0.2) is 48.5 Å². The predicted molar refractivity (Wildman–Crippen MR) is 110 cm³/mol. The zero-order valence-corrected chi connectivity index (χ0v) is 16.5. The van der Waals surface area contributed by atoms with Gasteiger partial charge in [0.2, 0.25) is 0 Å². The maximum absolute atomic E-state index is 5.62. The molecule has 2 aromatic rings. The molecule has 0 bridgehead atoms. The average molecular weight is 319 g/mol. The highest BCUT2D eigenvalue weighted by molar-refractivity contribution is 5.43. The van der Waals surface area contributed by atoms with Gasteiger partial charge in [0.15, 0.2) is 0 Å². The monoisotopic (exact) mass is 318 g/mol. The molecule has 0 atom stereocenters. The van der Waals surface area contributed by atoms with Crippen molar-refractivity contribution in [2.45, 2.75) is 61.8 Å². The molecule has 2 rings (SSSR count). The van der Waals surface area contributed by atoms with Gasteiger partial charge in [0, 0.05) is 11.4 Å². The summed E-state index contributed by atoms with van der Waals surface area (Å²) < 4.78 is 0. The Bertz CT molecular complexity index is 387. The summed E-state index contributed by atoms with van der Waals surface area (Å²) in [5.74, 6) is 0. The van der Waals surface area contributed by atoms with Crippen molar-refractivity contribution in [3.63, 3.8) is 0 Å². The molecule has 4 N–H and O–H groups in total. The number of rotatable bonds is 2. The molecule has 0 aromatic heterocycles. The van der Waals surface area contributed by atoms with E-state index in [9.17, 15) is 0 Å². The fourth-order valence-corrected chi connectivity index (χ4v) is 1.51. The van der Waals surface area contributed by atoms with Crippen molar-refractivity contribution in [2.24, 2.45) is 0 Å². The Morgan fingerprint density at radius 2 is 0.696 bits per heavy atom. The minimum absolute atomic E-state index is 0.802. The van der Waals surface area contributed by atoms with E-state index in [0.717, 1.165) is 17.8 Å². The van der Waals surface area contributed by atoms with Crippen molar-refractivity contribution in [3.8, 4) is 0 Å². The van der Waals surface area contributed by atoms with Crippen molar-refractivity contribution >= 4 is 11.4 Å². The first-order valence-electron chi connectivity index (χ1n) is 8.93.